The number of nitrogens with zero attached hydrogens (tertiary/aromatic N) is 2. The molecule has 2 heterocycles. The molecule has 1 fully saturated rings. The van der Waals surface area contributed by atoms with Crippen molar-refractivity contribution in [3.05, 3.63) is 88.5 Å². The van der Waals surface area contributed by atoms with Crippen LogP contribution < -0.4 is 9.47 Å². The number of thiazole rings is 1. The first kappa shape index (κ1) is 30.6. The number of carbonyl (C=O) groups excluding carboxylic acids is 1. The molecule has 4 rings (SSSR count). The van der Waals surface area contributed by atoms with Crippen LogP contribution in [-0.2, 0) is 10.2 Å². The van der Waals surface area contributed by atoms with Gasteiger partial charge in [0, 0.05) is 29.1 Å². The second-order valence-electron chi connectivity index (χ2n) is 12.1. The number of carbonyl (C=O) groups is 1. The number of aromatic nitrogens is 1. The minimum absolute atomic E-state index is 0.00739. The Bertz CT molecular complexity index is 1330. The Kier molecular flexibility index (Phi) is 9.42. The molecule has 0 radical (unpaired) electrons. The van der Waals surface area contributed by atoms with Crippen LogP contribution >= 0.6 is 11.3 Å². The predicted molar refractivity (Wildman–Crippen MR) is 161 cm³/mol. The first-order chi connectivity index (χ1) is 19.4. The van der Waals surface area contributed by atoms with Gasteiger partial charge in [0.2, 0.25) is 0 Å². The van der Waals surface area contributed by atoms with Crippen molar-refractivity contribution in [2.75, 3.05) is 7.11 Å². The maximum absolute atomic E-state index is 14.4. The van der Waals surface area contributed by atoms with Crippen LogP contribution in [0.1, 0.15) is 81.4 Å². The summed E-state index contributed by atoms with van der Waals surface area (Å²) in [7, 11) is 1.64. The SMILES string of the molecule is C=C(Oc1ccc(F)cc1)OC(C)[C@@H]1C[C@H](CC(C)C)N(C(=O)c2ccc(C(C)(C)C)c(OC)c2)[C@H]1c1nccs1. The van der Waals surface area contributed by atoms with Crippen LogP contribution in [0.3, 0.4) is 0 Å². The summed E-state index contributed by atoms with van der Waals surface area (Å²) in [5.74, 6) is 1.20. The average Bonchev–Trinajstić information content (AvgIpc) is 3.56. The third-order valence-electron chi connectivity index (χ3n) is 7.55. The molecule has 0 N–H and O–H groups in total. The lowest BCUT2D eigenvalue weighted by Gasteiger charge is -2.33. The van der Waals surface area contributed by atoms with E-state index in [1.165, 1.54) is 24.3 Å². The molecule has 220 valence electrons. The third-order valence-corrected chi connectivity index (χ3v) is 8.39. The van der Waals surface area contributed by atoms with Gasteiger partial charge in [-0.25, -0.2) is 9.37 Å². The number of hydrogen-bond donors (Lipinski definition) is 0. The Labute approximate surface area is 247 Å². The van der Waals surface area contributed by atoms with E-state index >= 15 is 0 Å². The molecule has 0 bridgehead atoms. The van der Waals surface area contributed by atoms with E-state index in [2.05, 4.69) is 46.2 Å². The molecule has 0 spiro atoms. The lowest BCUT2D eigenvalue weighted by atomic mass is 9.85. The highest BCUT2D eigenvalue weighted by molar-refractivity contribution is 7.09. The van der Waals surface area contributed by atoms with Crippen LogP contribution in [0.25, 0.3) is 0 Å². The third kappa shape index (κ3) is 7.10. The fourth-order valence-electron chi connectivity index (χ4n) is 5.71. The number of benzene rings is 2. The molecule has 1 aliphatic heterocycles. The van der Waals surface area contributed by atoms with Crippen LogP contribution in [0.15, 0.2) is 66.6 Å². The molecule has 6 nitrogen and oxygen atoms in total. The van der Waals surface area contributed by atoms with Gasteiger partial charge in [-0.15, -0.1) is 11.3 Å². The van der Waals surface area contributed by atoms with Crippen molar-refractivity contribution >= 4 is 17.2 Å². The molecule has 3 aromatic rings. The van der Waals surface area contributed by atoms with Crippen LogP contribution in [0.4, 0.5) is 4.39 Å². The Balaban J connectivity index is 1.66. The number of rotatable bonds is 10. The van der Waals surface area contributed by atoms with Gasteiger partial charge in [0.1, 0.15) is 28.4 Å². The van der Waals surface area contributed by atoms with Gasteiger partial charge >= 0.3 is 0 Å². The van der Waals surface area contributed by atoms with Crippen LogP contribution in [-0.4, -0.2) is 35.0 Å². The number of ether oxygens (including phenoxy) is 3. The maximum Gasteiger partial charge on any atom is 0.277 e. The van der Waals surface area contributed by atoms with E-state index in [4.69, 9.17) is 14.2 Å². The summed E-state index contributed by atoms with van der Waals surface area (Å²) in [6.45, 7) is 16.7. The van der Waals surface area contributed by atoms with E-state index < -0.39 is 0 Å². The Hall–Kier alpha value is -3.39. The van der Waals surface area contributed by atoms with E-state index in [9.17, 15) is 9.18 Å². The van der Waals surface area contributed by atoms with E-state index in [0.29, 0.717) is 23.0 Å². The zero-order valence-corrected chi connectivity index (χ0v) is 25.8. The van der Waals surface area contributed by atoms with Crippen molar-refractivity contribution in [1.82, 2.24) is 9.88 Å². The maximum atomic E-state index is 14.4. The van der Waals surface area contributed by atoms with Crippen LogP contribution in [0.5, 0.6) is 11.5 Å². The molecule has 1 saturated heterocycles. The second kappa shape index (κ2) is 12.6. The minimum atomic E-state index is -0.346. The van der Waals surface area contributed by atoms with Gasteiger partial charge in [-0.3, -0.25) is 4.79 Å². The first-order valence-electron chi connectivity index (χ1n) is 14.1. The Morgan fingerprint density at radius 2 is 1.88 bits per heavy atom. The lowest BCUT2D eigenvalue weighted by molar-refractivity contribution is 0.00918. The number of hydrogen-bond acceptors (Lipinski definition) is 6. The van der Waals surface area contributed by atoms with Crippen molar-refractivity contribution in [3.8, 4) is 11.5 Å². The fourth-order valence-corrected chi connectivity index (χ4v) is 6.52. The molecular weight excluding hydrogens is 539 g/mol. The summed E-state index contributed by atoms with van der Waals surface area (Å²) >= 11 is 1.54. The summed E-state index contributed by atoms with van der Waals surface area (Å²) in [6.07, 6.45) is 3.04. The van der Waals surface area contributed by atoms with Gasteiger partial charge < -0.3 is 19.1 Å². The van der Waals surface area contributed by atoms with Crippen molar-refractivity contribution in [2.24, 2.45) is 11.8 Å². The van der Waals surface area contributed by atoms with Gasteiger partial charge in [-0.1, -0.05) is 40.7 Å². The van der Waals surface area contributed by atoms with Gasteiger partial charge in [0.15, 0.2) is 0 Å². The summed E-state index contributed by atoms with van der Waals surface area (Å²) < 4.78 is 31.0. The summed E-state index contributed by atoms with van der Waals surface area (Å²) in [6, 6.07) is 11.2. The monoisotopic (exact) mass is 580 g/mol. The zero-order valence-electron chi connectivity index (χ0n) is 25.0. The normalized spacial score (nSPS) is 19.7. The largest absolute Gasteiger partial charge is 0.496 e. The molecule has 8 heteroatoms. The Morgan fingerprint density at radius 1 is 1.17 bits per heavy atom. The number of halogens is 1. The molecule has 4 atom stereocenters. The quantitative estimate of drug-likeness (QED) is 0.227. The summed E-state index contributed by atoms with van der Waals surface area (Å²) in [5, 5.41) is 2.81. The highest BCUT2D eigenvalue weighted by atomic mass is 32.1. The van der Waals surface area contributed by atoms with E-state index in [1.807, 2.05) is 35.4 Å². The lowest BCUT2D eigenvalue weighted by Crippen LogP contribution is -2.39. The average molecular weight is 581 g/mol. The molecule has 0 saturated carbocycles. The standard InChI is InChI=1S/C33H41FN2O4S/c1-20(2)17-25-19-27(21(3)39-22(4)40-26-12-10-24(34)11-13-26)30(31-35-15-16-41-31)36(25)32(37)23-9-14-28(33(5,6)7)29(18-23)38-8/h9-16,18,20-21,25,27,30H,4,17,19H2,1-3,5-8H3/t21?,25-,27-,30+/m0/s1. The van der Waals surface area contributed by atoms with Crippen LogP contribution in [0, 0.1) is 17.7 Å². The van der Waals surface area contributed by atoms with Gasteiger partial charge in [0.05, 0.1) is 13.2 Å². The fraction of sp³-hybridized carbons (Fsp3) is 0.455. The smallest absolute Gasteiger partial charge is 0.277 e. The first-order valence-corrected chi connectivity index (χ1v) is 15.0. The van der Waals surface area contributed by atoms with E-state index in [-0.39, 0.29) is 47.2 Å². The zero-order chi connectivity index (χ0) is 29.9. The van der Waals surface area contributed by atoms with Crippen molar-refractivity contribution in [2.45, 2.75) is 78.0 Å². The molecule has 41 heavy (non-hydrogen) atoms. The molecule has 0 aliphatic carbocycles. The van der Waals surface area contributed by atoms with Crippen molar-refractivity contribution in [3.63, 3.8) is 0 Å². The topological polar surface area (TPSA) is 60.9 Å². The van der Waals surface area contributed by atoms with E-state index in [1.54, 1.807) is 24.6 Å². The second-order valence-corrected chi connectivity index (χ2v) is 13.1. The molecule has 1 amide bonds. The molecule has 1 unspecified atom stereocenters. The van der Waals surface area contributed by atoms with Crippen LogP contribution in [0.2, 0.25) is 0 Å². The van der Waals surface area contributed by atoms with Gasteiger partial charge in [-0.05, 0) is 79.6 Å². The van der Waals surface area contributed by atoms with Crippen molar-refractivity contribution in [1.29, 1.82) is 0 Å². The Morgan fingerprint density at radius 3 is 2.46 bits per heavy atom. The highest BCUT2D eigenvalue weighted by Crippen LogP contribution is 2.47. The summed E-state index contributed by atoms with van der Waals surface area (Å²) in [4.78, 5) is 21.0. The predicted octanol–water partition coefficient (Wildman–Crippen LogP) is 8.16. The number of likely N-dealkylation sites (tertiary alicyclic amines) is 1. The number of methoxy groups -OCH3 is 1. The summed E-state index contributed by atoms with van der Waals surface area (Å²) in [5.41, 5.74) is 1.51. The molecular formula is C33H41FN2O4S. The van der Waals surface area contributed by atoms with Gasteiger partial charge in [0.25, 0.3) is 11.9 Å². The van der Waals surface area contributed by atoms with Gasteiger partial charge in [-0.2, -0.15) is 0 Å². The van der Waals surface area contributed by atoms with Crippen molar-refractivity contribution < 1.29 is 23.4 Å². The minimum Gasteiger partial charge on any atom is -0.496 e. The molecule has 1 aromatic heterocycles. The molecule has 2 aromatic carbocycles. The van der Waals surface area contributed by atoms with E-state index in [0.717, 1.165) is 23.4 Å². The molecule has 1 aliphatic rings. The highest BCUT2D eigenvalue weighted by Gasteiger charge is 2.49. The number of amides is 1.